The summed E-state index contributed by atoms with van der Waals surface area (Å²) in [6.07, 6.45) is 3.06. The van der Waals surface area contributed by atoms with Gasteiger partial charge < -0.3 is 15.8 Å². The summed E-state index contributed by atoms with van der Waals surface area (Å²) in [6.45, 7) is 9.19. The molecular weight excluding hydrogens is 272 g/mol. The molecule has 0 radical (unpaired) electrons. The van der Waals surface area contributed by atoms with E-state index in [0.717, 1.165) is 0 Å². The van der Waals surface area contributed by atoms with E-state index in [1.54, 1.807) is 27.0 Å². The predicted molar refractivity (Wildman–Crippen MR) is 79.6 cm³/mol. The molecule has 3 N–H and O–H groups in total. The second-order valence-corrected chi connectivity index (χ2v) is 5.71. The highest BCUT2D eigenvalue weighted by molar-refractivity contribution is 5.94. The molecule has 1 atom stereocenters. The summed E-state index contributed by atoms with van der Waals surface area (Å²) in [5.41, 5.74) is 5.32. The molecule has 0 saturated heterocycles. The molecular formula is C14H24N4O3. The lowest BCUT2D eigenvalue weighted by Crippen LogP contribution is -2.40. The SMILES string of the molecule is CCOC(=O)C(C)(C)n1cc(NC(=O)[C@@H](N)C(C)C)cn1. The van der Waals surface area contributed by atoms with Crippen LogP contribution in [0.25, 0.3) is 0 Å². The van der Waals surface area contributed by atoms with Crippen molar-refractivity contribution >= 4 is 17.6 Å². The Balaban J connectivity index is 2.82. The van der Waals surface area contributed by atoms with Crippen molar-refractivity contribution in [3.8, 4) is 0 Å². The van der Waals surface area contributed by atoms with Crippen LogP contribution in [0.2, 0.25) is 0 Å². The maximum atomic E-state index is 11.9. The average molecular weight is 296 g/mol. The maximum absolute atomic E-state index is 11.9. The van der Waals surface area contributed by atoms with Crippen molar-refractivity contribution in [2.24, 2.45) is 11.7 Å². The van der Waals surface area contributed by atoms with Gasteiger partial charge in [-0.05, 0) is 26.7 Å². The second kappa shape index (κ2) is 6.71. The molecule has 0 aromatic carbocycles. The van der Waals surface area contributed by atoms with E-state index < -0.39 is 11.6 Å². The number of nitrogens with two attached hydrogens (primary N) is 1. The van der Waals surface area contributed by atoms with Crippen LogP contribution in [-0.4, -0.2) is 34.3 Å². The standard InChI is InChI=1S/C14H24N4O3/c1-6-21-13(20)14(4,5)18-8-10(7-16-18)17-12(19)11(15)9(2)3/h7-9,11H,6,15H2,1-5H3,(H,17,19)/t11-/m0/s1. The van der Waals surface area contributed by atoms with Gasteiger partial charge in [0, 0.05) is 6.20 Å². The summed E-state index contributed by atoms with van der Waals surface area (Å²) in [6, 6.07) is -0.591. The zero-order valence-corrected chi connectivity index (χ0v) is 13.2. The summed E-state index contributed by atoms with van der Waals surface area (Å²) >= 11 is 0. The van der Waals surface area contributed by atoms with E-state index in [0.29, 0.717) is 12.3 Å². The minimum atomic E-state index is -0.945. The summed E-state index contributed by atoms with van der Waals surface area (Å²) in [5.74, 6) is -0.626. The molecule has 7 nitrogen and oxygen atoms in total. The molecule has 0 fully saturated rings. The zero-order valence-electron chi connectivity index (χ0n) is 13.2. The van der Waals surface area contributed by atoms with Gasteiger partial charge in [-0.2, -0.15) is 5.10 Å². The largest absolute Gasteiger partial charge is 0.464 e. The van der Waals surface area contributed by atoms with Crippen LogP contribution < -0.4 is 11.1 Å². The molecule has 118 valence electrons. The molecule has 0 aliphatic carbocycles. The first-order valence-corrected chi connectivity index (χ1v) is 6.99. The number of amides is 1. The predicted octanol–water partition coefficient (Wildman–Crippen LogP) is 1.10. The monoisotopic (exact) mass is 296 g/mol. The number of hydrogen-bond acceptors (Lipinski definition) is 5. The molecule has 0 aliphatic heterocycles. The molecule has 1 heterocycles. The molecule has 21 heavy (non-hydrogen) atoms. The van der Waals surface area contributed by atoms with Gasteiger partial charge in [-0.1, -0.05) is 13.8 Å². The number of hydrogen-bond donors (Lipinski definition) is 2. The lowest BCUT2D eigenvalue weighted by molar-refractivity contribution is -0.152. The van der Waals surface area contributed by atoms with Crippen molar-refractivity contribution in [1.82, 2.24) is 9.78 Å². The van der Waals surface area contributed by atoms with Gasteiger partial charge in [0.2, 0.25) is 5.91 Å². The molecule has 1 rings (SSSR count). The number of carbonyl (C=O) groups is 2. The number of rotatable bonds is 6. The fraction of sp³-hybridized carbons (Fsp3) is 0.643. The molecule has 0 saturated carbocycles. The number of nitrogens with zero attached hydrogens (tertiary/aromatic N) is 2. The van der Waals surface area contributed by atoms with Gasteiger partial charge in [-0.25, -0.2) is 4.79 Å². The van der Waals surface area contributed by atoms with E-state index in [9.17, 15) is 9.59 Å². The van der Waals surface area contributed by atoms with Gasteiger partial charge >= 0.3 is 5.97 Å². The highest BCUT2D eigenvalue weighted by atomic mass is 16.5. The Morgan fingerprint density at radius 3 is 2.62 bits per heavy atom. The molecule has 0 unspecified atom stereocenters. The molecule has 0 aliphatic rings. The van der Waals surface area contributed by atoms with Crippen molar-refractivity contribution in [2.45, 2.75) is 46.2 Å². The number of ether oxygens (including phenoxy) is 1. The van der Waals surface area contributed by atoms with Crippen LogP contribution in [0.1, 0.15) is 34.6 Å². The number of nitrogens with one attached hydrogen (secondary N) is 1. The van der Waals surface area contributed by atoms with Crippen LogP contribution in [0.15, 0.2) is 12.4 Å². The first-order valence-electron chi connectivity index (χ1n) is 6.99. The molecule has 1 amide bonds. The Bertz CT molecular complexity index is 508. The first-order chi connectivity index (χ1) is 9.70. The second-order valence-electron chi connectivity index (χ2n) is 5.71. The summed E-state index contributed by atoms with van der Waals surface area (Å²) in [4.78, 5) is 23.8. The molecule has 1 aromatic rings. The number of carbonyl (C=O) groups excluding carboxylic acids is 2. The van der Waals surface area contributed by atoms with Gasteiger partial charge in [-0.15, -0.1) is 0 Å². The van der Waals surface area contributed by atoms with Crippen molar-refractivity contribution in [2.75, 3.05) is 11.9 Å². The maximum Gasteiger partial charge on any atom is 0.333 e. The van der Waals surface area contributed by atoms with Crippen molar-refractivity contribution < 1.29 is 14.3 Å². The minimum absolute atomic E-state index is 0.0380. The van der Waals surface area contributed by atoms with Crippen molar-refractivity contribution in [3.05, 3.63) is 12.4 Å². The van der Waals surface area contributed by atoms with Crippen LogP contribution in [0.5, 0.6) is 0 Å². The van der Waals surface area contributed by atoms with Crippen LogP contribution in [0.4, 0.5) is 5.69 Å². The minimum Gasteiger partial charge on any atom is -0.464 e. The fourth-order valence-corrected chi connectivity index (χ4v) is 1.62. The number of anilines is 1. The van der Waals surface area contributed by atoms with Crippen LogP contribution in [-0.2, 0) is 19.9 Å². The van der Waals surface area contributed by atoms with Gasteiger partial charge in [0.1, 0.15) is 0 Å². The van der Waals surface area contributed by atoms with Gasteiger partial charge in [0.05, 0.1) is 24.5 Å². The van der Waals surface area contributed by atoms with E-state index in [4.69, 9.17) is 10.5 Å². The summed E-state index contributed by atoms with van der Waals surface area (Å²) in [7, 11) is 0. The summed E-state index contributed by atoms with van der Waals surface area (Å²) in [5, 5.41) is 6.80. The Morgan fingerprint density at radius 1 is 1.48 bits per heavy atom. The van der Waals surface area contributed by atoms with Crippen molar-refractivity contribution in [3.63, 3.8) is 0 Å². The van der Waals surface area contributed by atoms with E-state index in [1.165, 1.54) is 10.9 Å². The molecule has 0 bridgehead atoms. The first kappa shape index (κ1) is 17.2. The van der Waals surface area contributed by atoms with Gasteiger partial charge in [-0.3, -0.25) is 9.48 Å². The molecule has 1 aromatic heterocycles. The Kier molecular flexibility index (Phi) is 5.48. The Hall–Kier alpha value is -1.89. The van der Waals surface area contributed by atoms with Crippen LogP contribution in [0.3, 0.4) is 0 Å². The normalized spacial score (nSPS) is 13.1. The Morgan fingerprint density at radius 2 is 2.10 bits per heavy atom. The molecule has 0 spiro atoms. The smallest absolute Gasteiger partial charge is 0.333 e. The van der Waals surface area contributed by atoms with Crippen LogP contribution in [0, 0.1) is 5.92 Å². The highest BCUT2D eigenvalue weighted by Gasteiger charge is 2.32. The zero-order chi connectivity index (χ0) is 16.2. The van der Waals surface area contributed by atoms with E-state index in [-0.39, 0.29) is 17.8 Å². The van der Waals surface area contributed by atoms with Crippen molar-refractivity contribution in [1.29, 1.82) is 0 Å². The van der Waals surface area contributed by atoms with E-state index in [2.05, 4.69) is 10.4 Å². The Labute approximate surface area is 124 Å². The van der Waals surface area contributed by atoms with Gasteiger partial charge in [0.25, 0.3) is 0 Å². The van der Waals surface area contributed by atoms with E-state index >= 15 is 0 Å². The third-order valence-corrected chi connectivity index (χ3v) is 3.22. The number of esters is 1. The lowest BCUT2D eigenvalue weighted by Gasteiger charge is -2.22. The lowest BCUT2D eigenvalue weighted by atomic mass is 10.1. The molecule has 7 heteroatoms. The highest BCUT2D eigenvalue weighted by Crippen LogP contribution is 2.19. The van der Waals surface area contributed by atoms with Gasteiger partial charge in [0.15, 0.2) is 5.54 Å². The quantitative estimate of drug-likeness (QED) is 0.766. The topological polar surface area (TPSA) is 99.2 Å². The third kappa shape index (κ3) is 4.04. The summed E-state index contributed by atoms with van der Waals surface area (Å²) < 4.78 is 6.47. The fourth-order valence-electron chi connectivity index (χ4n) is 1.62. The average Bonchev–Trinajstić information content (AvgIpc) is 2.86. The van der Waals surface area contributed by atoms with E-state index in [1.807, 2.05) is 13.8 Å². The third-order valence-electron chi connectivity index (χ3n) is 3.22. The van der Waals surface area contributed by atoms with Crippen LogP contribution >= 0.6 is 0 Å². The number of aromatic nitrogens is 2.